The van der Waals surface area contributed by atoms with E-state index >= 15 is 0 Å². The fourth-order valence-corrected chi connectivity index (χ4v) is 2.69. The van der Waals surface area contributed by atoms with E-state index in [0.29, 0.717) is 12.0 Å². The van der Waals surface area contributed by atoms with Gasteiger partial charge in [-0.1, -0.05) is 13.0 Å². The van der Waals surface area contributed by atoms with Crippen LogP contribution in [0.5, 0.6) is 0 Å². The molecule has 4 heteroatoms. The Labute approximate surface area is 114 Å². The van der Waals surface area contributed by atoms with Crippen molar-refractivity contribution in [1.29, 1.82) is 0 Å². The Hall–Kier alpha value is -1.03. The van der Waals surface area contributed by atoms with Crippen LogP contribution in [0.2, 0.25) is 0 Å². The van der Waals surface area contributed by atoms with Crippen LogP contribution < -0.4 is 10.6 Å². The van der Waals surface area contributed by atoms with E-state index in [-0.39, 0.29) is 0 Å². The quantitative estimate of drug-likeness (QED) is 0.613. The summed E-state index contributed by atoms with van der Waals surface area (Å²) in [5.74, 6) is 1.58. The fourth-order valence-electron chi connectivity index (χ4n) is 1.82. The molecule has 1 aromatic rings. The molecule has 100 valence electrons. The van der Waals surface area contributed by atoms with Gasteiger partial charge in [-0.25, -0.2) is 0 Å². The van der Waals surface area contributed by atoms with Crippen LogP contribution in [0.1, 0.15) is 31.6 Å². The second-order valence-electron chi connectivity index (χ2n) is 5.03. The molecule has 0 aromatic carbocycles. The number of hydrogen-bond acceptors (Lipinski definition) is 2. The predicted octanol–water partition coefficient (Wildman–Crippen LogP) is 2.64. The number of hydrogen-bond donors (Lipinski definition) is 2. The zero-order valence-electron chi connectivity index (χ0n) is 11.3. The summed E-state index contributed by atoms with van der Waals surface area (Å²) < 4.78 is 0. The van der Waals surface area contributed by atoms with Crippen LogP contribution in [0.3, 0.4) is 0 Å². The number of thiophene rings is 1. The van der Waals surface area contributed by atoms with Gasteiger partial charge in [-0.2, -0.15) is 0 Å². The van der Waals surface area contributed by atoms with Gasteiger partial charge >= 0.3 is 0 Å². The first-order valence-electron chi connectivity index (χ1n) is 6.85. The highest BCUT2D eigenvalue weighted by molar-refractivity contribution is 7.09. The fraction of sp³-hybridized carbons (Fsp3) is 0.643. The van der Waals surface area contributed by atoms with E-state index in [2.05, 4.69) is 47.0 Å². The monoisotopic (exact) mass is 265 g/mol. The summed E-state index contributed by atoms with van der Waals surface area (Å²) in [7, 11) is 0. The third-order valence-electron chi connectivity index (χ3n) is 2.95. The van der Waals surface area contributed by atoms with Gasteiger partial charge < -0.3 is 10.6 Å². The van der Waals surface area contributed by atoms with Gasteiger partial charge in [0.1, 0.15) is 0 Å². The SMILES string of the molecule is CCNC(=NCC(C)Cc1cccs1)NC1CC1. The minimum absolute atomic E-state index is 0.596. The van der Waals surface area contributed by atoms with Crippen molar-refractivity contribution in [2.24, 2.45) is 10.9 Å². The second kappa shape index (κ2) is 6.78. The number of rotatable bonds is 6. The first-order valence-corrected chi connectivity index (χ1v) is 7.73. The van der Waals surface area contributed by atoms with Crippen LogP contribution in [0, 0.1) is 5.92 Å². The summed E-state index contributed by atoms with van der Waals surface area (Å²) in [6.07, 6.45) is 3.70. The molecule has 1 saturated carbocycles. The van der Waals surface area contributed by atoms with Gasteiger partial charge in [0.25, 0.3) is 0 Å². The molecule has 0 saturated heterocycles. The molecular formula is C14H23N3S. The molecule has 3 nitrogen and oxygen atoms in total. The van der Waals surface area contributed by atoms with Crippen molar-refractivity contribution in [2.75, 3.05) is 13.1 Å². The molecular weight excluding hydrogens is 242 g/mol. The van der Waals surface area contributed by atoms with Crippen molar-refractivity contribution in [3.8, 4) is 0 Å². The molecule has 1 atom stereocenters. The maximum atomic E-state index is 4.67. The van der Waals surface area contributed by atoms with E-state index in [1.807, 2.05) is 11.3 Å². The summed E-state index contributed by atoms with van der Waals surface area (Å²) >= 11 is 1.84. The van der Waals surface area contributed by atoms with E-state index in [1.165, 1.54) is 17.7 Å². The predicted molar refractivity (Wildman–Crippen MR) is 79.3 cm³/mol. The molecule has 1 fully saturated rings. The van der Waals surface area contributed by atoms with Gasteiger partial charge in [0.15, 0.2) is 5.96 Å². The molecule has 0 spiro atoms. The standard InChI is InChI=1S/C14H23N3S/c1-3-15-14(17-12-6-7-12)16-10-11(2)9-13-5-4-8-18-13/h4-5,8,11-12H,3,6-7,9-10H2,1-2H3,(H2,15,16,17). The summed E-state index contributed by atoms with van der Waals surface area (Å²) in [5.41, 5.74) is 0. The molecule has 0 amide bonds. The molecule has 1 aliphatic rings. The Balaban J connectivity index is 1.78. The average molecular weight is 265 g/mol. The lowest BCUT2D eigenvalue weighted by atomic mass is 10.1. The first-order chi connectivity index (χ1) is 8.78. The highest BCUT2D eigenvalue weighted by Gasteiger charge is 2.22. The lowest BCUT2D eigenvalue weighted by Crippen LogP contribution is -2.38. The van der Waals surface area contributed by atoms with Crippen molar-refractivity contribution in [3.63, 3.8) is 0 Å². The Morgan fingerprint density at radius 2 is 2.39 bits per heavy atom. The van der Waals surface area contributed by atoms with Crippen molar-refractivity contribution in [2.45, 2.75) is 39.2 Å². The number of guanidine groups is 1. The first kappa shape index (κ1) is 13.4. The minimum atomic E-state index is 0.596. The largest absolute Gasteiger partial charge is 0.357 e. The van der Waals surface area contributed by atoms with Crippen LogP contribution in [0.4, 0.5) is 0 Å². The van der Waals surface area contributed by atoms with Gasteiger partial charge in [-0.3, -0.25) is 4.99 Å². The van der Waals surface area contributed by atoms with E-state index in [9.17, 15) is 0 Å². The second-order valence-corrected chi connectivity index (χ2v) is 6.06. The van der Waals surface area contributed by atoms with Gasteiger partial charge in [0.05, 0.1) is 0 Å². The molecule has 2 rings (SSSR count). The zero-order valence-corrected chi connectivity index (χ0v) is 12.1. The maximum Gasteiger partial charge on any atom is 0.191 e. The van der Waals surface area contributed by atoms with Crippen LogP contribution in [0.25, 0.3) is 0 Å². The Bertz CT molecular complexity index is 368. The van der Waals surface area contributed by atoms with Crippen LogP contribution in [-0.2, 0) is 6.42 Å². The smallest absolute Gasteiger partial charge is 0.191 e. The van der Waals surface area contributed by atoms with E-state index in [4.69, 9.17) is 0 Å². The summed E-state index contributed by atoms with van der Waals surface area (Å²) in [4.78, 5) is 6.13. The lowest BCUT2D eigenvalue weighted by molar-refractivity contribution is 0.594. The Morgan fingerprint density at radius 3 is 3.00 bits per heavy atom. The third kappa shape index (κ3) is 4.69. The van der Waals surface area contributed by atoms with Crippen molar-refractivity contribution >= 4 is 17.3 Å². The van der Waals surface area contributed by atoms with Gasteiger partial charge in [0, 0.05) is 24.0 Å². The van der Waals surface area contributed by atoms with Crippen LogP contribution >= 0.6 is 11.3 Å². The third-order valence-corrected chi connectivity index (χ3v) is 3.85. The van der Waals surface area contributed by atoms with E-state index in [0.717, 1.165) is 25.5 Å². The molecule has 0 bridgehead atoms. The van der Waals surface area contributed by atoms with E-state index < -0.39 is 0 Å². The van der Waals surface area contributed by atoms with Crippen LogP contribution in [-0.4, -0.2) is 25.1 Å². The molecule has 1 aliphatic carbocycles. The number of aliphatic imine (C=N–C) groups is 1. The number of nitrogens with zero attached hydrogens (tertiary/aromatic N) is 1. The van der Waals surface area contributed by atoms with Crippen molar-refractivity contribution in [1.82, 2.24) is 10.6 Å². The highest BCUT2D eigenvalue weighted by atomic mass is 32.1. The molecule has 0 aliphatic heterocycles. The highest BCUT2D eigenvalue weighted by Crippen LogP contribution is 2.18. The Kier molecular flexibility index (Phi) is 5.05. The lowest BCUT2D eigenvalue weighted by Gasteiger charge is -2.12. The van der Waals surface area contributed by atoms with Crippen molar-refractivity contribution < 1.29 is 0 Å². The Morgan fingerprint density at radius 1 is 1.56 bits per heavy atom. The normalized spacial score (nSPS) is 17.6. The molecule has 1 aromatic heterocycles. The van der Waals surface area contributed by atoms with Gasteiger partial charge in [-0.05, 0) is 43.6 Å². The summed E-state index contributed by atoms with van der Waals surface area (Å²) in [6.45, 7) is 6.20. The maximum absolute atomic E-state index is 4.67. The van der Waals surface area contributed by atoms with Gasteiger partial charge in [0.2, 0.25) is 0 Å². The van der Waals surface area contributed by atoms with Crippen LogP contribution in [0.15, 0.2) is 22.5 Å². The topological polar surface area (TPSA) is 36.4 Å². The summed E-state index contributed by atoms with van der Waals surface area (Å²) in [6, 6.07) is 4.99. The molecule has 2 N–H and O–H groups in total. The summed E-state index contributed by atoms with van der Waals surface area (Å²) in [5, 5.41) is 8.90. The minimum Gasteiger partial charge on any atom is -0.357 e. The average Bonchev–Trinajstić information content (AvgIpc) is 3.02. The zero-order chi connectivity index (χ0) is 12.8. The molecule has 0 radical (unpaired) electrons. The molecule has 1 heterocycles. The van der Waals surface area contributed by atoms with Gasteiger partial charge in [-0.15, -0.1) is 11.3 Å². The van der Waals surface area contributed by atoms with E-state index in [1.54, 1.807) is 0 Å². The number of nitrogens with one attached hydrogen (secondary N) is 2. The molecule has 1 unspecified atom stereocenters. The van der Waals surface area contributed by atoms with Crippen molar-refractivity contribution in [3.05, 3.63) is 22.4 Å². The molecule has 18 heavy (non-hydrogen) atoms.